The Kier molecular flexibility index (Phi) is 5.51. The van der Waals surface area contributed by atoms with Gasteiger partial charge in [0.1, 0.15) is 11.5 Å². The molecule has 1 aliphatic carbocycles. The van der Waals surface area contributed by atoms with Gasteiger partial charge in [0.05, 0.1) is 18.4 Å². The first-order valence-corrected chi connectivity index (χ1v) is 10.9. The molecule has 0 aromatic carbocycles. The molecule has 3 aromatic heterocycles. The molecule has 3 aromatic rings. The van der Waals surface area contributed by atoms with Crippen LogP contribution in [0.2, 0.25) is 0 Å². The molecule has 32 heavy (non-hydrogen) atoms. The van der Waals surface area contributed by atoms with Crippen molar-refractivity contribution in [3.63, 3.8) is 0 Å². The predicted octanol–water partition coefficient (Wildman–Crippen LogP) is 3.70. The summed E-state index contributed by atoms with van der Waals surface area (Å²) in [5.74, 6) is 1.18. The van der Waals surface area contributed by atoms with Crippen LogP contribution in [-0.4, -0.2) is 49.9 Å². The molecular formula is C24H24FN5O2. The maximum absolute atomic E-state index is 13.6. The molecule has 5 heterocycles. The number of hydrogen-bond donors (Lipinski definition) is 0. The van der Waals surface area contributed by atoms with Crippen molar-refractivity contribution in [2.24, 2.45) is 11.8 Å². The summed E-state index contributed by atoms with van der Waals surface area (Å²) in [6.07, 6.45) is 7.41. The van der Waals surface area contributed by atoms with Crippen LogP contribution in [0.1, 0.15) is 35.4 Å². The number of aryl methyl sites for hydroxylation is 1. The number of aromatic nitrogens is 4. The number of amides is 1. The standard InChI is InChI=1S/C24H24FN5O2/c1-15-3-7-20(23-26-9-2-10-27-23)22(29-15)24(31)30-13-16-4-6-19(30)11-17(16)14-32-21-8-5-18(25)12-28-21/h2-3,5,7-10,12,16-17,19H,4,6,11,13-14H2,1H3. The van der Waals surface area contributed by atoms with Crippen molar-refractivity contribution in [1.29, 1.82) is 0 Å². The maximum atomic E-state index is 13.6. The van der Waals surface area contributed by atoms with Gasteiger partial charge < -0.3 is 9.64 Å². The third-order valence-corrected chi connectivity index (χ3v) is 6.43. The van der Waals surface area contributed by atoms with Crippen LogP contribution in [0, 0.1) is 24.6 Å². The normalized spacial score (nSPS) is 22.1. The molecule has 1 amide bonds. The SMILES string of the molecule is Cc1ccc(-c2ncccn2)c(C(=O)N2CC3CCC2CC3COc2ccc(F)cn2)n1. The Labute approximate surface area is 185 Å². The van der Waals surface area contributed by atoms with E-state index in [1.807, 2.05) is 24.0 Å². The molecule has 3 aliphatic rings. The van der Waals surface area contributed by atoms with Crippen molar-refractivity contribution in [1.82, 2.24) is 24.8 Å². The Balaban J connectivity index is 1.32. The quantitative estimate of drug-likeness (QED) is 0.610. The van der Waals surface area contributed by atoms with Crippen LogP contribution in [0.5, 0.6) is 5.88 Å². The number of nitrogens with zero attached hydrogens (tertiary/aromatic N) is 5. The van der Waals surface area contributed by atoms with Gasteiger partial charge in [-0.2, -0.15) is 0 Å². The topological polar surface area (TPSA) is 81.1 Å². The molecule has 3 fully saturated rings. The summed E-state index contributed by atoms with van der Waals surface area (Å²) in [7, 11) is 0. The average molecular weight is 433 g/mol. The van der Waals surface area contributed by atoms with Gasteiger partial charge in [0, 0.05) is 36.7 Å². The van der Waals surface area contributed by atoms with Gasteiger partial charge in [-0.05, 0) is 62.3 Å². The lowest BCUT2D eigenvalue weighted by Gasteiger charge is -2.49. The molecule has 3 unspecified atom stereocenters. The summed E-state index contributed by atoms with van der Waals surface area (Å²) in [4.78, 5) is 32.7. The average Bonchev–Trinajstić information content (AvgIpc) is 2.84. The Bertz CT molecular complexity index is 1110. The van der Waals surface area contributed by atoms with E-state index in [4.69, 9.17) is 4.74 Å². The lowest BCUT2D eigenvalue weighted by Crippen LogP contribution is -2.55. The molecule has 0 spiro atoms. The number of pyridine rings is 2. The van der Waals surface area contributed by atoms with Gasteiger partial charge in [-0.15, -0.1) is 0 Å². The second kappa shape index (κ2) is 8.61. The number of rotatable bonds is 5. The van der Waals surface area contributed by atoms with Crippen LogP contribution in [0.25, 0.3) is 11.4 Å². The van der Waals surface area contributed by atoms with Crippen molar-refractivity contribution in [3.05, 3.63) is 66.1 Å². The van der Waals surface area contributed by atoms with E-state index in [1.165, 1.54) is 6.07 Å². The third-order valence-electron chi connectivity index (χ3n) is 6.43. The van der Waals surface area contributed by atoms with Crippen LogP contribution in [0.15, 0.2) is 48.9 Å². The fourth-order valence-electron chi connectivity index (χ4n) is 4.79. The number of fused-ring (bicyclic) bond motifs is 3. The van der Waals surface area contributed by atoms with Crippen LogP contribution in [0.4, 0.5) is 4.39 Å². The number of carbonyl (C=O) groups excluding carboxylic acids is 1. The van der Waals surface area contributed by atoms with Gasteiger partial charge in [-0.25, -0.2) is 24.3 Å². The summed E-state index contributed by atoms with van der Waals surface area (Å²) in [6.45, 7) is 3.08. The molecule has 0 N–H and O–H groups in total. The predicted molar refractivity (Wildman–Crippen MR) is 115 cm³/mol. The Hall–Kier alpha value is -3.42. The van der Waals surface area contributed by atoms with Gasteiger partial charge >= 0.3 is 0 Å². The van der Waals surface area contributed by atoms with E-state index in [-0.39, 0.29) is 17.8 Å². The monoisotopic (exact) mass is 433 g/mol. The van der Waals surface area contributed by atoms with Crippen molar-refractivity contribution >= 4 is 5.91 Å². The smallest absolute Gasteiger partial charge is 0.273 e. The first kappa shape index (κ1) is 20.5. The zero-order chi connectivity index (χ0) is 22.1. The van der Waals surface area contributed by atoms with E-state index in [1.54, 1.807) is 24.5 Å². The van der Waals surface area contributed by atoms with Crippen molar-refractivity contribution in [2.45, 2.75) is 32.2 Å². The van der Waals surface area contributed by atoms with E-state index >= 15 is 0 Å². The van der Waals surface area contributed by atoms with Gasteiger partial charge in [-0.1, -0.05) is 0 Å². The summed E-state index contributed by atoms with van der Waals surface area (Å²) < 4.78 is 18.9. The minimum atomic E-state index is -0.381. The molecule has 1 saturated carbocycles. The lowest BCUT2D eigenvalue weighted by atomic mass is 9.72. The first-order chi connectivity index (χ1) is 15.6. The summed E-state index contributed by atoms with van der Waals surface area (Å²) in [6, 6.07) is 8.54. The molecule has 0 radical (unpaired) electrons. The van der Waals surface area contributed by atoms with Gasteiger partial charge in [-0.3, -0.25) is 4.79 Å². The van der Waals surface area contributed by atoms with Crippen molar-refractivity contribution in [2.75, 3.05) is 13.2 Å². The molecule has 7 nitrogen and oxygen atoms in total. The fraction of sp³-hybridized carbons (Fsp3) is 0.375. The zero-order valence-electron chi connectivity index (χ0n) is 17.8. The highest BCUT2D eigenvalue weighted by molar-refractivity contribution is 5.98. The highest BCUT2D eigenvalue weighted by Crippen LogP contribution is 2.40. The molecule has 2 bridgehead atoms. The molecule has 6 rings (SSSR count). The molecule has 2 aliphatic heterocycles. The number of piperidine rings is 2. The zero-order valence-corrected chi connectivity index (χ0v) is 17.8. The van der Waals surface area contributed by atoms with E-state index < -0.39 is 0 Å². The summed E-state index contributed by atoms with van der Waals surface area (Å²) >= 11 is 0. The van der Waals surface area contributed by atoms with Gasteiger partial charge in [0.25, 0.3) is 5.91 Å². The van der Waals surface area contributed by atoms with Gasteiger partial charge in [0.15, 0.2) is 5.82 Å². The molecular weight excluding hydrogens is 409 g/mol. The van der Waals surface area contributed by atoms with E-state index in [0.717, 1.165) is 31.2 Å². The van der Waals surface area contributed by atoms with Crippen LogP contribution in [-0.2, 0) is 0 Å². The Morgan fingerprint density at radius 1 is 1.16 bits per heavy atom. The highest BCUT2D eigenvalue weighted by atomic mass is 19.1. The number of carbonyl (C=O) groups is 1. The van der Waals surface area contributed by atoms with E-state index in [0.29, 0.717) is 47.9 Å². The van der Waals surface area contributed by atoms with E-state index in [2.05, 4.69) is 19.9 Å². The van der Waals surface area contributed by atoms with E-state index in [9.17, 15) is 9.18 Å². The first-order valence-electron chi connectivity index (χ1n) is 10.9. The molecule has 164 valence electrons. The lowest BCUT2D eigenvalue weighted by molar-refractivity contribution is -0.00503. The highest BCUT2D eigenvalue weighted by Gasteiger charge is 2.43. The van der Waals surface area contributed by atoms with Crippen molar-refractivity contribution in [3.8, 4) is 17.3 Å². The number of halogens is 1. The second-order valence-corrected chi connectivity index (χ2v) is 8.49. The minimum Gasteiger partial charge on any atom is -0.477 e. The molecule has 3 atom stereocenters. The summed E-state index contributed by atoms with van der Waals surface area (Å²) in [5, 5.41) is 0. The maximum Gasteiger partial charge on any atom is 0.273 e. The number of ether oxygens (including phenoxy) is 1. The third kappa shape index (κ3) is 4.04. The minimum absolute atomic E-state index is 0.0644. The Morgan fingerprint density at radius 2 is 2.00 bits per heavy atom. The fourth-order valence-corrected chi connectivity index (χ4v) is 4.79. The van der Waals surface area contributed by atoms with Crippen LogP contribution >= 0.6 is 0 Å². The summed E-state index contributed by atoms with van der Waals surface area (Å²) in [5.41, 5.74) is 1.85. The van der Waals surface area contributed by atoms with Crippen molar-refractivity contribution < 1.29 is 13.9 Å². The second-order valence-electron chi connectivity index (χ2n) is 8.49. The number of hydrogen-bond acceptors (Lipinski definition) is 6. The Morgan fingerprint density at radius 3 is 2.72 bits per heavy atom. The largest absolute Gasteiger partial charge is 0.477 e. The van der Waals surface area contributed by atoms with Crippen LogP contribution in [0.3, 0.4) is 0 Å². The molecule has 8 heteroatoms. The van der Waals surface area contributed by atoms with Crippen LogP contribution < -0.4 is 4.74 Å². The van der Waals surface area contributed by atoms with Gasteiger partial charge in [0.2, 0.25) is 5.88 Å². The molecule has 2 saturated heterocycles.